The SMILES string of the molecule is CCOc1cc2c(cc1OC)CC(C)(C)N=C2C. The molecule has 0 aromatic heterocycles. The van der Waals surface area contributed by atoms with E-state index in [1.807, 2.05) is 13.0 Å². The molecule has 0 N–H and O–H groups in total. The van der Waals surface area contributed by atoms with Gasteiger partial charge >= 0.3 is 0 Å². The summed E-state index contributed by atoms with van der Waals surface area (Å²) in [5.41, 5.74) is 3.51. The Balaban J connectivity index is 2.52. The van der Waals surface area contributed by atoms with E-state index in [0.717, 1.165) is 23.6 Å². The number of methoxy groups -OCH3 is 1. The van der Waals surface area contributed by atoms with Gasteiger partial charge in [0.05, 0.1) is 19.3 Å². The molecule has 1 heterocycles. The molecule has 3 nitrogen and oxygen atoms in total. The molecule has 0 aliphatic carbocycles. The number of hydrogen-bond acceptors (Lipinski definition) is 3. The van der Waals surface area contributed by atoms with Gasteiger partial charge in [0.25, 0.3) is 0 Å². The first kappa shape index (κ1) is 12.9. The summed E-state index contributed by atoms with van der Waals surface area (Å²) in [6.07, 6.45) is 0.933. The molecule has 1 aromatic carbocycles. The van der Waals surface area contributed by atoms with Crippen molar-refractivity contribution in [2.45, 2.75) is 39.7 Å². The van der Waals surface area contributed by atoms with Crippen molar-refractivity contribution < 1.29 is 9.47 Å². The highest BCUT2D eigenvalue weighted by atomic mass is 16.5. The molecule has 0 amide bonds. The van der Waals surface area contributed by atoms with Crippen LogP contribution in [0.4, 0.5) is 0 Å². The van der Waals surface area contributed by atoms with E-state index in [0.29, 0.717) is 6.61 Å². The third-order valence-electron chi connectivity index (χ3n) is 3.17. The summed E-state index contributed by atoms with van der Waals surface area (Å²) < 4.78 is 11.0. The summed E-state index contributed by atoms with van der Waals surface area (Å²) >= 11 is 0. The molecule has 0 unspecified atom stereocenters. The van der Waals surface area contributed by atoms with Crippen molar-refractivity contribution in [2.75, 3.05) is 13.7 Å². The van der Waals surface area contributed by atoms with Crippen LogP contribution in [0.3, 0.4) is 0 Å². The van der Waals surface area contributed by atoms with E-state index in [2.05, 4.69) is 26.8 Å². The zero-order chi connectivity index (χ0) is 13.3. The molecule has 18 heavy (non-hydrogen) atoms. The van der Waals surface area contributed by atoms with Crippen LogP contribution in [0.5, 0.6) is 11.5 Å². The van der Waals surface area contributed by atoms with Gasteiger partial charge in [-0.2, -0.15) is 0 Å². The quantitative estimate of drug-likeness (QED) is 0.821. The standard InChI is InChI=1S/C15H21NO2/c1-6-18-14-8-12-10(2)16-15(3,4)9-11(12)7-13(14)17-5/h7-8H,6,9H2,1-5H3. The highest BCUT2D eigenvalue weighted by molar-refractivity contribution is 6.01. The van der Waals surface area contributed by atoms with Gasteiger partial charge in [-0.15, -0.1) is 0 Å². The second-order valence-corrected chi connectivity index (χ2v) is 5.28. The largest absolute Gasteiger partial charge is 0.493 e. The average molecular weight is 247 g/mol. The second kappa shape index (κ2) is 4.63. The van der Waals surface area contributed by atoms with Crippen LogP contribution in [0.15, 0.2) is 17.1 Å². The molecule has 0 bridgehead atoms. The predicted octanol–water partition coefficient (Wildman–Crippen LogP) is 3.24. The van der Waals surface area contributed by atoms with Gasteiger partial charge in [0.15, 0.2) is 11.5 Å². The summed E-state index contributed by atoms with van der Waals surface area (Å²) in [7, 11) is 1.68. The maximum absolute atomic E-state index is 5.61. The number of ether oxygens (including phenoxy) is 2. The topological polar surface area (TPSA) is 30.8 Å². The predicted molar refractivity (Wildman–Crippen MR) is 74.2 cm³/mol. The van der Waals surface area contributed by atoms with Gasteiger partial charge < -0.3 is 9.47 Å². The first-order chi connectivity index (χ1) is 8.46. The zero-order valence-corrected chi connectivity index (χ0v) is 11.8. The summed E-state index contributed by atoms with van der Waals surface area (Å²) in [4.78, 5) is 4.73. The molecule has 3 heteroatoms. The van der Waals surface area contributed by atoms with Crippen LogP contribution in [-0.4, -0.2) is 25.0 Å². The van der Waals surface area contributed by atoms with E-state index >= 15 is 0 Å². The molecular weight excluding hydrogens is 226 g/mol. The van der Waals surface area contributed by atoms with Crippen LogP contribution in [0.2, 0.25) is 0 Å². The molecule has 2 rings (SSSR count). The van der Waals surface area contributed by atoms with Crippen molar-refractivity contribution in [3.05, 3.63) is 23.3 Å². The van der Waals surface area contributed by atoms with Gasteiger partial charge in [0, 0.05) is 11.3 Å². The van der Waals surface area contributed by atoms with Gasteiger partial charge in [-0.25, -0.2) is 0 Å². The van der Waals surface area contributed by atoms with Gasteiger partial charge in [-0.3, -0.25) is 4.99 Å². The van der Waals surface area contributed by atoms with Crippen LogP contribution in [0.25, 0.3) is 0 Å². The highest BCUT2D eigenvalue weighted by Crippen LogP contribution is 2.35. The van der Waals surface area contributed by atoms with Crippen molar-refractivity contribution in [1.29, 1.82) is 0 Å². The zero-order valence-electron chi connectivity index (χ0n) is 11.8. The fraction of sp³-hybridized carbons (Fsp3) is 0.533. The number of fused-ring (bicyclic) bond motifs is 1. The average Bonchev–Trinajstić information content (AvgIpc) is 2.28. The molecular formula is C15H21NO2. The van der Waals surface area contributed by atoms with E-state index in [9.17, 15) is 0 Å². The lowest BCUT2D eigenvalue weighted by molar-refractivity contribution is 0.310. The molecule has 0 atom stereocenters. The molecule has 0 saturated carbocycles. The van der Waals surface area contributed by atoms with E-state index in [1.54, 1.807) is 7.11 Å². The van der Waals surface area contributed by atoms with Gasteiger partial charge in [0.1, 0.15) is 0 Å². The fourth-order valence-electron chi connectivity index (χ4n) is 2.53. The molecule has 1 aliphatic rings. The van der Waals surface area contributed by atoms with Crippen LogP contribution in [0, 0.1) is 0 Å². The number of benzene rings is 1. The van der Waals surface area contributed by atoms with Crippen LogP contribution in [0.1, 0.15) is 38.8 Å². The summed E-state index contributed by atoms with van der Waals surface area (Å²) in [5.74, 6) is 1.61. The third kappa shape index (κ3) is 2.35. The molecule has 0 saturated heterocycles. The Bertz CT molecular complexity index is 490. The Kier molecular flexibility index (Phi) is 3.33. The Labute approximate surface area is 109 Å². The molecule has 0 spiro atoms. The number of nitrogens with zero attached hydrogens (tertiary/aromatic N) is 1. The monoisotopic (exact) mass is 247 g/mol. The maximum atomic E-state index is 5.61. The van der Waals surface area contributed by atoms with E-state index in [-0.39, 0.29) is 5.54 Å². The van der Waals surface area contributed by atoms with Crippen LogP contribution >= 0.6 is 0 Å². The number of hydrogen-bond donors (Lipinski definition) is 0. The fourth-order valence-corrected chi connectivity index (χ4v) is 2.53. The van der Waals surface area contributed by atoms with Crippen molar-refractivity contribution in [3.8, 4) is 11.5 Å². The lowest BCUT2D eigenvalue weighted by Gasteiger charge is -2.28. The lowest BCUT2D eigenvalue weighted by Crippen LogP contribution is -2.28. The third-order valence-corrected chi connectivity index (χ3v) is 3.17. The minimum absolute atomic E-state index is 0.0325. The highest BCUT2D eigenvalue weighted by Gasteiger charge is 2.26. The van der Waals surface area contributed by atoms with E-state index in [1.165, 1.54) is 11.1 Å². The summed E-state index contributed by atoms with van der Waals surface area (Å²) in [5, 5.41) is 0. The molecule has 0 fully saturated rings. The van der Waals surface area contributed by atoms with Gasteiger partial charge in [-0.1, -0.05) is 0 Å². The first-order valence-electron chi connectivity index (χ1n) is 6.37. The summed E-state index contributed by atoms with van der Waals surface area (Å²) in [6, 6.07) is 4.13. The van der Waals surface area contributed by atoms with Gasteiger partial charge in [-0.05, 0) is 51.8 Å². The molecule has 1 aromatic rings. The molecule has 0 radical (unpaired) electrons. The molecule has 1 aliphatic heterocycles. The van der Waals surface area contributed by atoms with Crippen LogP contribution < -0.4 is 9.47 Å². The smallest absolute Gasteiger partial charge is 0.161 e. The normalized spacial score (nSPS) is 16.8. The summed E-state index contributed by atoms with van der Waals surface area (Å²) in [6.45, 7) is 8.98. The van der Waals surface area contributed by atoms with Crippen molar-refractivity contribution in [3.63, 3.8) is 0 Å². The van der Waals surface area contributed by atoms with Crippen molar-refractivity contribution in [1.82, 2.24) is 0 Å². The maximum Gasteiger partial charge on any atom is 0.161 e. The Morgan fingerprint density at radius 3 is 2.61 bits per heavy atom. The van der Waals surface area contributed by atoms with Crippen molar-refractivity contribution >= 4 is 5.71 Å². The lowest BCUT2D eigenvalue weighted by atomic mass is 9.87. The van der Waals surface area contributed by atoms with E-state index in [4.69, 9.17) is 14.5 Å². The van der Waals surface area contributed by atoms with Gasteiger partial charge in [0.2, 0.25) is 0 Å². The Morgan fingerprint density at radius 2 is 2.00 bits per heavy atom. The number of aliphatic imine (C=N–C) groups is 1. The van der Waals surface area contributed by atoms with Crippen molar-refractivity contribution in [2.24, 2.45) is 4.99 Å². The minimum Gasteiger partial charge on any atom is -0.493 e. The number of rotatable bonds is 3. The van der Waals surface area contributed by atoms with E-state index < -0.39 is 0 Å². The Morgan fingerprint density at radius 1 is 1.28 bits per heavy atom. The Hall–Kier alpha value is -1.51. The first-order valence-corrected chi connectivity index (χ1v) is 6.37. The second-order valence-electron chi connectivity index (χ2n) is 5.28. The minimum atomic E-state index is -0.0325. The van der Waals surface area contributed by atoms with Crippen LogP contribution in [-0.2, 0) is 6.42 Å². The molecule has 98 valence electrons.